The number of nitrogens with one attached hydrogen (secondary N) is 1. The minimum atomic E-state index is -2.17. The van der Waals surface area contributed by atoms with Gasteiger partial charge >= 0.3 is 17.9 Å². The Labute approximate surface area is 332 Å². The molecule has 0 aromatic heterocycles. The molecule has 0 radical (unpaired) electrons. The Morgan fingerprint density at radius 3 is 2.23 bits per heavy atom. The maximum absolute atomic E-state index is 15.5. The minimum absolute atomic E-state index is 0.0979. The van der Waals surface area contributed by atoms with E-state index in [0.29, 0.717) is 22.9 Å². The number of benzene rings is 2. The van der Waals surface area contributed by atoms with Gasteiger partial charge in [0.15, 0.2) is 17.5 Å². The Hall–Kier alpha value is -4.25. The lowest BCUT2D eigenvalue weighted by Crippen LogP contribution is -2.81. The van der Waals surface area contributed by atoms with E-state index in [2.05, 4.69) is 5.23 Å². The molecule has 3 N–H and O–H groups in total. The highest BCUT2D eigenvalue weighted by molar-refractivity contribution is 6.64. The number of methoxy groups -OCH3 is 2. The van der Waals surface area contributed by atoms with Crippen molar-refractivity contribution in [3.8, 4) is 0 Å². The Morgan fingerprint density at radius 2 is 1.68 bits per heavy atom. The summed E-state index contributed by atoms with van der Waals surface area (Å²) in [6, 6.07) is 16.2. The summed E-state index contributed by atoms with van der Waals surface area (Å²) in [5.41, 5.74) is -5.31. The van der Waals surface area contributed by atoms with Crippen LogP contribution in [0.5, 0.6) is 0 Å². The van der Waals surface area contributed by atoms with Crippen molar-refractivity contribution in [2.45, 2.75) is 95.2 Å². The molecule has 2 saturated carbocycles. The molecule has 57 heavy (non-hydrogen) atoms. The number of aliphatic hydroxyl groups excluding tert-OH is 1. The number of aliphatic hydroxyl groups is 2. The fourth-order valence-electron chi connectivity index (χ4n) is 10.3. The van der Waals surface area contributed by atoms with Gasteiger partial charge in [-0.3, -0.25) is 9.59 Å². The van der Waals surface area contributed by atoms with E-state index in [1.165, 1.54) is 21.1 Å². The number of rotatable bonds is 13. The minimum Gasteiger partial charge on any atom is -0.456 e. The molecule has 2 aromatic carbocycles. The van der Waals surface area contributed by atoms with Crippen molar-refractivity contribution in [1.82, 2.24) is 5.23 Å². The highest BCUT2D eigenvalue weighted by Gasteiger charge is 2.78. The lowest BCUT2D eigenvalue weighted by Gasteiger charge is -2.68. The van der Waals surface area contributed by atoms with Crippen LogP contribution >= 0.6 is 0 Å². The van der Waals surface area contributed by atoms with Gasteiger partial charge in [-0.1, -0.05) is 62.4 Å². The summed E-state index contributed by atoms with van der Waals surface area (Å²) in [4.78, 5) is 68.5. The van der Waals surface area contributed by atoms with Gasteiger partial charge in [-0.25, -0.2) is 9.59 Å². The number of carbonyl (C=O) groups excluding carboxylic acids is 5. The van der Waals surface area contributed by atoms with Crippen molar-refractivity contribution in [3.05, 3.63) is 82.9 Å². The van der Waals surface area contributed by atoms with Crippen LogP contribution in [0.4, 0.5) is 0 Å². The molecule has 6 rings (SSSR count). The van der Waals surface area contributed by atoms with Crippen molar-refractivity contribution in [2.75, 3.05) is 27.4 Å². The second-order valence-electron chi connectivity index (χ2n) is 16.3. The van der Waals surface area contributed by atoms with Gasteiger partial charge in [0.05, 0.1) is 54.4 Å². The predicted octanol–water partition coefficient (Wildman–Crippen LogP) is 2.42. The smallest absolute Gasteiger partial charge is 0.338 e. The molecule has 4 aliphatic rings. The topological polar surface area (TPSA) is 193 Å². The predicted molar refractivity (Wildman–Crippen MR) is 205 cm³/mol. The first-order valence-corrected chi connectivity index (χ1v) is 19.2. The summed E-state index contributed by atoms with van der Waals surface area (Å²) in [6.07, 6.45) is -5.41. The molecule has 3 fully saturated rings. The normalized spacial score (nSPS) is 33.8. The van der Waals surface area contributed by atoms with Crippen LogP contribution in [0.25, 0.3) is 0 Å². The highest BCUT2D eigenvalue weighted by atomic mass is 16.6. The number of hydrogen-bond donors (Lipinski definition) is 3. The average Bonchev–Trinajstić information content (AvgIpc) is 3.18. The molecule has 0 spiro atoms. The van der Waals surface area contributed by atoms with E-state index in [4.69, 9.17) is 28.4 Å². The zero-order valence-electron chi connectivity index (χ0n) is 33.4. The van der Waals surface area contributed by atoms with Gasteiger partial charge in [0.25, 0.3) is 7.41 Å². The van der Waals surface area contributed by atoms with Crippen LogP contribution in [0, 0.1) is 22.7 Å². The van der Waals surface area contributed by atoms with Gasteiger partial charge in [-0.05, 0) is 42.7 Å². The van der Waals surface area contributed by atoms with Crippen LogP contribution in [-0.2, 0) is 47.6 Å². The van der Waals surface area contributed by atoms with Crippen molar-refractivity contribution in [3.63, 3.8) is 0 Å². The third kappa shape index (κ3) is 6.85. The van der Waals surface area contributed by atoms with Gasteiger partial charge in [-0.15, -0.1) is 0 Å². The van der Waals surface area contributed by atoms with Crippen LogP contribution in [0.15, 0.2) is 71.8 Å². The first-order chi connectivity index (χ1) is 27.1. The van der Waals surface area contributed by atoms with E-state index in [1.54, 1.807) is 88.4 Å². The Morgan fingerprint density at radius 1 is 1.04 bits per heavy atom. The second-order valence-corrected chi connectivity index (χ2v) is 16.3. The number of carbonyl (C=O) groups is 5. The van der Waals surface area contributed by atoms with Gasteiger partial charge in [-0.2, -0.15) is 0 Å². The van der Waals surface area contributed by atoms with Gasteiger partial charge in [0, 0.05) is 39.4 Å². The maximum atomic E-state index is 15.5. The molecule has 306 valence electrons. The number of hydrogen-bond acceptors (Lipinski definition) is 14. The summed E-state index contributed by atoms with van der Waals surface area (Å²) in [7, 11) is 2.67. The fraction of sp³-hybridized carbons (Fsp3) is 0.548. The number of Topliss-reactive ketones (excluding diaryl/α,β-unsaturated/α-hetero) is 1. The molecule has 1 aliphatic heterocycles. The van der Waals surface area contributed by atoms with E-state index in [9.17, 15) is 29.4 Å². The highest BCUT2D eigenvalue weighted by Crippen LogP contribution is 2.65. The van der Waals surface area contributed by atoms with Gasteiger partial charge in [0.1, 0.15) is 23.9 Å². The Balaban J connectivity index is 1.56. The molecule has 1 heterocycles. The van der Waals surface area contributed by atoms with E-state index >= 15 is 4.79 Å². The molecule has 0 amide bonds. The molecular weight excluding hydrogens is 737 g/mol. The Kier molecular flexibility index (Phi) is 12.0. The fourth-order valence-corrected chi connectivity index (χ4v) is 10.3. The quantitative estimate of drug-likeness (QED) is 0.0881. The average molecular weight is 790 g/mol. The van der Waals surface area contributed by atoms with Crippen molar-refractivity contribution < 1.29 is 62.6 Å². The summed E-state index contributed by atoms with van der Waals surface area (Å²) >= 11 is 0. The first kappa shape index (κ1) is 42.4. The van der Waals surface area contributed by atoms with Crippen LogP contribution in [0.2, 0.25) is 0 Å². The van der Waals surface area contributed by atoms with Crippen LogP contribution in [0.3, 0.4) is 0 Å². The van der Waals surface area contributed by atoms with Crippen molar-refractivity contribution in [2.24, 2.45) is 22.7 Å². The largest absolute Gasteiger partial charge is 0.456 e. The number of esters is 3. The summed E-state index contributed by atoms with van der Waals surface area (Å²) in [5.74, 6) is -5.39. The molecule has 2 aromatic rings. The van der Waals surface area contributed by atoms with E-state index in [-0.39, 0.29) is 32.4 Å². The van der Waals surface area contributed by atoms with Crippen molar-refractivity contribution >= 4 is 37.3 Å². The zero-order valence-corrected chi connectivity index (χ0v) is 33.4. The summed E-state index contributed by atoms with van der Waals surface area (Å²) in [6.45, 7) is 7.09. The lowest BCUT2D eigenvalue weighted by molar-refractivity contribution is -0.347. The van der Waals surface area contributed by atoms with Crippen LogP contribution in [0.1, 0.15) is 69.4 Å². The molecule has 11 atom stereocenters. The summed E-state index contributed by atoms with van der Waals surface area (Å²) < 4.78 is 36.7. The molecule has 15 heteroatoms. The number of ketones is 1. The monoisotopic (exact) mass is 789 g/mol. The van der Waals surface area contributed by atoms with Gasteiger partial charge < -0.3 is 48.7 Å². The van der Waals surface area contributed by atoms with Gasteiger partial charge in [0.2, 0.25) is 0 Å². The molecule has 1 unspecified atom stereocenters. The van der Waals surface area contributed by atoms with Crippen LogP contribution < -0.4 is 5.23 Å². The maximum Gasteiger partial charge on any atom is 0.338 e. The third-order valence-corrected chi connectivity index (χ3v) is 13.1. The van der Waals surface area contributed by atoms with E-state index in [1.807, 2.05) is 0 Å². The molecule has 2 bridgehead atoms. The van der Waals surface area contributed by atoms with Crippen LogP contribution in [-0.4, -0.2) is 117 Å². The standard InChI is InChI=1S/C42H52BNO13/c1-23-28(55-38(50)33(53-7)32(44-43-22-46)25-14-10-8-11-15-25)19-42(51)36(56-37(49)26-16-12-9-13-17-26)34-40(5,35(48)27(20-45)31(23)39(42,3)4)29(52-6)18-30-41(34,21-54-30)57-24(2)47/h8-17,22,27-30,32-34,36,43-45,51H,18-21H2,1-7H3/t27-,28+,29+,30-,32+,33-,34?,36+,40-,41+,42-/m1/s1. The second kappa shape index (κ2) is 16.2. The third-order valence-electron chi connectivity index (χ3n) is 13.1. The lowest BCUT2D eigenvalue weighted by atomic mass is 9.43. The van der Waals surface area contributed by atoms with E-state index in [0.717, 1.165) is 0 Å². The summed E-state index contributed by atoms with van der Waals surface area (Å²) in [5, 5.41) is 27.9. The molecule has 3 aliphatic carbocycles. The Bertz CT molecular complexity index is 1890. The first-order valence-electron chi connectivity index (χ1n) is 19.2. The zero-order chi connectivity index (χ0) is 41.5. The molecule has 1 saturated heterocycles. The SMILES string of the molecule is CO[C@H]1C[C@H]2OC[C@@]2(OC(C)=O)C2[C@H](OC(=O)c3ccccc3)[C@]3(O)C[C@H](OC(=O)[C@H](OC)[C@@H](NBC=O)c4ccccc4)C(C)=C([C@@H](CO)C(=O)[C@@]21C)C3(C)C. The van der Waals surface area contributed by atoms with E-state index < -0.39 is 101 Å². The molecule has 14 nitrogen and oxygen atoms in total. The van der Waals surface area contributed by atoms with Crippen molar-refractivity contribution in [1.29, 1.82) is 0 Å². The molecular formula is C42H52BNO13. The number of ether oxygens (including phenoxy) is 6. The number of fused-ring (bicyclic) bond motifs is 5.